The monoisotopic (exact) mass is 355 g/mol. The molecule has 2 aromatic rings. The summed E-state index contributed by atoms with van der Waals surface area (Å²) in [6, 6.07) is 7.13. The largest absolute Gasteiger partial charge is 0.354 e. The number of ketones is 1. The highest BCUT2D eigenvalue weighted by atomic mass is 16.2. The van der Waals surface area contributed by atoms with Crippen LogP contribution in [-0.4, -0.2) is 29.1 Å². The number of amides is 2. The standard InChI is InChI=1S/C20H25N3O3/c1-5-16-17(13(4)24)12(3)23-18(16)20(26)22-11-14-8-7-9-15(10-14)19(25)21-6-2/h7-10,23H,5-6,11H2,1-4H3,(H,21,25)(H,22,26). The maximum Gasteiger partial charge on any atom is 0.268 e. The molecule has 6 nitrogen and oxygen atoms in total. The number of hydrogen-bond donors (Lipinski definition) is 3. The lowest BCUT2D eigenvalue weighted by molar-refractivity contribution is 0.0943. The van der Waals surface area contributed by atoms with Crippen LogP contribution < -0.4 is 10.6 Å². The number of aromatic amines is 1. The van der Waals surface area contributed by atoms with Gasteiger partial charge in [-0.25, -0.2) is 0 Å². The average molecular weight is 355 g/mol. The van der Waals surface area contributed by atoms with Gasteiger partial charge in [0.15, 0.2) is 5.78 Å². The van der Waals surface area contributed by atoms with E-state index in [0.717, 1.165) is 11.1 Å². The van der Waals surface area contributed by atoms with Gasteiger partial charge in [0.1, 0.15) is 5.69 Å². The fourth-order valence-corrected chi connectivity index (χ4v) is 3.06. The number of carbonyl (C=O) groups is 3. The smallest absolute Gasteiger partial charge is 0.268 e. The lowest BCUT2D eigenvalue weighted by atomic mass is 10.0. The molecule has 0 aliphatic carbocycles. The van der Waals surface area contributed by atoms with Crippen molar-refractivity contribution in [2.45, 2.75) is 40.7 Å². The van der Waals surface area contributed by atoms with Crippen molar-refractivity contribution in [1.82, 2.24) is 15.6 Å². The normalized spacial score (nSPS) is 10.5. The van der Waals surface area contributed by atoms with Crippen molar-refractivity contribution >= 4 is 17.6 Å². The maximum absolute atomic E-state index is 12.6. The maximum atomic E-state index is 12.6. The van der Waals surface area contributed by atoms with Crippen molar-refractivity contribution in [3.05, 3.63) is 57.9 Å². The topological polar surface area (TPSA) is 91.1 Å². The van der Waals surface area contributed by atoms with E-state index in [4.69, 9.17) is 0 Å². The molecule has 0 aliphatic heterocycles. The van der Waals surface area contributed by atoms with Crippen LogP contribution >= 0.6 is 0 Å². The molecule has 0 unspecified atom stereocenters. The Kier molecular flexibility index (Phi) is 6.33. The Hall–Kier alpha value is -2.89. The number of H-pyrrole nitrogens is 1. The first kappa shape index (κ1) is 19.4. The summed E-state index contributed by atoms with van der Waals surface area (Å²) in [7, 11) is 0. The molecule has 0 aliphatic rings. The van der Waals surface area contributed by atoms with Crippen LogP contribution in [0.3, 0.4) is 0 Å². The van der Waals surface area contributed by atoms with Crippen molar-refractivity contribution in [2.24, 2.45) is 0 Å². The Bertz CT molecular complexity index is 837. The van der Waals surface area contributed by atoms with E-state index in [1.54, 1.807) is 25.1 Å². The Morgan fingerprint density at radius 3 is 2.42 bits per heavy atom. The van der Waals surface area contributed by atoms with Crippen molar-refractivity contribution in [3.8, 4) is 0 Å². The zero-order chi connectivity index (χ0) is 19.3. The Balaban J connectivity index is 2.15. The predicted molar refractivity (Wildman–Crippen MR) is 101 cm³/mol. The summed E-state index contributed by atoms with van der Waals surface area (Å²) in [6.07, 6.45) is 0.592. The van der Waals surface area contributed by atoms with Gasteiger partial charge in [0, 0.05) is 29.9 Å². The zero-order valence-electron chi connectivity index (χ0n) is 15.7. The number of hydrogen-bond acceptors (Lipinski definition) is 3. The summed E-state index contributed by atoms with van der Waals surface area (Å²) < 4.78 is 0. The number of aryl methyl sites for hydroxylation is 1. The first-order valence-corrected chi connectivity index (χ1v) is 8.76. The molecule has 0 fully saturated rings. The average Bonchev–Trinajstić information content (AvgIpc) is 2.96. The lowest BCUT2D eigenvalue weighted by Gasteiger charge is -2.08. The van der Waals surface area contributed by atoms with Gasteiger partial charge >= 0.3 is 0 Å². The first-order valence-electron chi connectivity index (χ1n) is 8.76. The minimum Gasteiger partial charge on any atom is -0.354 e. The molecule has 2 amide bonds. The van der Waals surface area contributed by atoms with Gasteiger partial charge in [0.2, 0.25) is 0 Å². The quantitative estimate of drug-likeness (QED) is 0.667. The van der Waals surface area contributed by atoms with Crippen molar-refractivity contribution in [3.63, 3.8) is 0 Å². The summed E-state index contributed by atoms with van der Waals surface area (Å²) in [5.74, 6) is -0.454. The summed E-state index contributed by atoms with van der Waals surface area (Å²) in [6.45, 7) is 7.93. The van der Waals surface area contributed by atoms with Gasteiger partial charge in [0.25, 0.3) is 11.8 Å². The van der Waals surface area contributed by atoms with Crippen LogP contribution in [0.15, 0.2) is 24.3 Å². The van der Waals surface area contributed by atoms with E-state index in [1.165, 1.54) is 6.92 Å². The summed E-state index contributed by atoms with van der Waals surface area (Å²) >= 11 is 0. The van der Waals surface area contributed by atoms with E-state index < -0.39 is 0 Å². The molecular formula is C20H25N3O3. The first-order chi connectivity index (χ1) is 12.4. The van der Waals surface area contributed by atoms with E-state index in [1.807, 2.05) is 19.9 Å². The number of nitrogens with one attached hydrogen (secondary N) is 3. The second kappa shape index (κ2) is 8.47. The van der Waals surface area contributed by atoms with Crippen LogP contribution in [0.1, 0.15) is 68.8 Å². The molecule has 26 heavy (non-hydrogen) atoms. The second-order valence-electron chi connectivity index (χ2n) is 6.13. The van der Waals surface area contributed by atoms with Crippen molar-refractivity contribution in [2.75, 3.05) is 6.54 Å². The number of rotatable bonds is 7. The Morgan fingerprint density at radius 1 is 1.08 bits per heavy atom. The van der Waals surface area contributed by atoms with Crippen LogP contribution in [0.2, 0.25) is 0 Å². The molecule has 138 valence electrons. The predicted octanol–water partition coefficient (Wildman–Crippen LogP) is 2.77. The van der Waals surface area contributed by atoms with Crippen LogP contribution in [0, 0.1) is 6.92 Å². The fraction of sp³-hybridized carbons (Fsp3) is 0.350. The third-order valence-electron chi connectivity index (χ3n) is 4.20. The number of Topliss-reactive ketones (excluding diaryl/α,β-unsaturated/α-hetero) is 1. The lowest BCUT2D eigenvalue weighted by Crippen LogP contribution is -2.25. The highest BCUT2D eigenvalue weighted by Crippen LogP contribution is 2.20. The van der Waals surface area contributed by atoms with Gasteiger partial charge in [-0.15, -0.1) is 0 Å². The molecule has 2 rings (SSSR count). The fourth-order valence-electron chi connectivity index (χ4n) is 3.06. The summed E-state index contributed by atoms with van der Waals surface area (Å²) in [4.78, 5) is 39.3. The Morgan fingerprint density at radius 2 is 1.81 bits per heavy atom. The van der Waals surface area contributed by atoms with Crippen molar-refractivity contribution < 1.29 is 14.4 Å². The minimum absolute atomic E-state index is 0.0516. The van der Waals surface area contributed by atoms with Gasteiger partial charge in [-0.3, -0.25) is 14.4 Å². The number of aromatic nitrogens is 1. The highest BCUT2D eigenvalue weighted by Gasteiger charge is 2.21. The second-order valence-corrected chi connectivity index (χ2v) is 6.13. The SMILES string of the molecule is CCNC(=O)c1cccc(CNC(=O)c2[nH]c(C)c(C(C)=O)c2CC)c1. The molecule has 0 bridgehead atoms. The number of benzene rings is 1. The molecule has 1 aromatic carbocycles. The minimum atomic E-state index is -0.263. The summed E-state index contributed by atoms with van der Waals surface area (Å²) in [5.41, 5.74) is 3.85. The molecule has 3 N–H and O–H groups in total. The Labute approximate surface area is 153 Å². The van der Waals surface area contributed by atoms with E-state index in [2.05, 4.69) is 15.6 Å². The highest BCUT2D eigenvalue weighted by molar-refractivity contribution is 6.02. The molecule has 0 atom stereocenters. The molecule has 0 radical (unpaired) electrons. The van der Waals surface area contributed by atoms with Crippen LogP contribution in [0.25, 0.3) is 0 Å². The van der Waals surface area contributed by atoms with Gasteiger partial charge in [-0.05, 0) is 50.5 Å². The zero-order valence-corrected chi connectivity index (χ0v) is 15.7. The van der Waals surface area contributed by atoms with Crippen LogP contribution in [0.4, 0.5) is 0 Å². The van der Waals surface area contributed by atoms with Gasteiger partial charge < -0.3 is 15.6 Å². The third kappa shape index (κ3) is 4.20. The van der Waals surface area contributed by atoms with Gasteiger partial charge in [-0.2, -0.15) is 0 Å². The molecule has 1 heterocycles. The van der Waals surface area contributed by atoms with E-state index in [9.17, 15) is 14.4 Å². The van der Waals surface area contributed by atoms with Gasteiger partial charge in [0.05, 0.1) is 0 Å². The molecular weight excluding hydrogens is 330 g/mol. The van der Waals surface area contributed by atoms with E-state index >= 15 is 0 Å². The van der Waals surface area contributed by atoms with Gasteiger partial charge in [-0.1, -0.05) is 19.1 Å². The molecule has 0 spiro atoms. The van der Waals surface area contributed by atoms with E-state index in [-0.39, 0.29) is 17.6 Å². The van der Waals surface area contributed by atoms with E-state index in [0.29, 0.717) is 42.0 Å². The molecule has 0 saturated carbocycles. The van der Waals surface area contributed by atoms with Crippen molar-refractivity contribution in [1.29, 1.82) is 0 Å². The third-order valence-corrected chi connectivity index (χ3v) is 4.20. The molecule has 0 saturated heterocycles. The number of carbonyl (C=O) groups excluding carboxylic acids is 3. The van der Waals surface area contributed by atoms with Crippen LogP contribution in [-0.2, 0) is 13.0 Å². The summed E-state index contributed by atoms with van der Waals surface area (Å²) in [5, 5.41) is 5.61. The van der Waals surface area contributed by atoms with Crippen LogP contribution in [0.5, 0.6) is 0 Å². The molecule has 6 heteroatoms. The molecule has 1 aromatic heterocycles.